The molecule has 1 amide bonds. The summed E-state index contributed by atoms with van der Waals surface area (Å²) in [6.07, 6.45) is 3.56. The number of fused-ring (bicyclic) bond motifs is 3. The number of carbonyl (C=O) groups is 1. The lowest BCUT2D eigenvalue weighted by atomic mass is 9.83. The highest BCUT2D eigenvalue weighted by Crippen LogP contribution is 2.44. The third-order valence-corrected chi connectivity index (χ3v) is 6.55. The Kier molecular flexibility index (Phi) is 4.62. The molecule has 5 nitrogen and oxygen atoms in total. The van der Waals surface area contributed by atoms with Crippen molar-refractivity contribution >= 4 is 28.4 Å². The molecule has 1 fully saturated rings. The van der Waals surface area contributed by atoms with E-state index in [2.05, 4.69) is 24.3 Å². The van der Waals surface area contributed by atoms with Crippen LogP contribution in [0.5, 0.6) is 0 Å². The molecule has 2 aromatic carbocycles. The Labute approximate surface area is 175 Å². The molecule has 3 heterocycles. The highest BCUT2D eigenvalue weighted by molar-refractivity contribution is 6.31. The zero-order chi connectivity index (χ0) is 20.0. The number of benzene rings is 2. The second-order valence-corrected chi connectivity index (χ2v) is 8.36. The summed E-state index contributed by atoms with van der Waals surface area (Å²) in [6.45, 7) is 3.19. The van der Waals surface area contributed by atoms with Crippen molar-refractivity contribution in [2.24, 2.45) is 5.73 Å². The summed E-state index contributed by atoms with van der Waals surface area (Å²) in [5.74, 6) is 0.0641. The van der Waals surface area contributed by atoms with Crippen molar-refractivity contribution < 1.29 is 9.53 Å². The number of hydrogen-bond acceptors (Lipinski definition) is 3. The Morgan fingerprint density at radius 1 is 1.17 bits per heavy atom. The van der Waals surface area contributed by atoms with Crippen LogP contribution in [0, 0.1) is 0 Å². The number of carbonyl (C=O) groups excluding carboxylic acids is 1. The molecule has 150 valence electrons. The molecular formula is C23H24ClN3O2. The molecule has 0 unspecified atom stereocenters. The number of rotatable bonds is 3. The third-order valence-electron chi connectivity index (χ3n) is 6.32. The van der Waals surface area contributed by atoms with Gasteiger partial charge in [-0.05, 0) is 36.1 Å². The van der Waals surface area contributed by atoms with E-state index in [1.165, 1.54) is 11.1 Å². The predicted octanol–water partition coefficient (Wildman–Crippen LogP) is 3.92. The monoisotopic (exact) mass is 409 g/mol. The van der Waals surface area contributed by atoms with Crippen molar-refractivity contribution in [2.45, 2.75) is 31.6 Å². The van der Waals surface area contributed by atoms with Crippen LogP contribution in [0.1, 0.15) is 34.3 Å². The molecule has 2 aliphatic heterocycles. The smallest absolute Gasteiger partial charge is 0.256 e. The van der Waals surface area contributed by atoms with Crippen LogP contribution in [0.4, 0.5) is 0 Å². The molecule has 1 aromatic heterocycles. The first-order valence-electron chi connectivity index (χ1n) is 10.1. The van der Waals surface area contributed by atoms with Gasteiger partial charge in [0.15, 0.2) is 0 Å². The van der Waals surface area contributed by atoms with Crippen molar-refractivity contribution in [3.8, 4) is 0 Å². The van der Waals surface area contributed by atoms with Gasteiger partial charge in [0.25, 0.3) is 5.91 Å². The summed E-state index contributed by atoms with van der Waals surface area (Å²) in [4.78, 5) is 15.3. The number of amides is 1. The van der Waals surface area contributed by atoms with Crippen molar-refractivity contribution in [2.75, 3.05) is 19.6 Å². The highest BCUT2D eigenvalue weighted by atomic mass is 35.5. The molecule has 0 atom stereocenters. The summed E-state index contributed by atoms with van der Waals surface area (Å²) in [5, 5.41) is 1.58. The van der Waals surface area contributed by atoms with Crippen LogP contribution in [0.2, 0.25) is 5.02 Å². The molecule has 0 aliphatic carbocycles. The molecule has 1 saturated heterocycles. The molecular weight excluding hydrogens is 386 g/mol. The molecule has 6 heteroatoms. The maximum Gasteiger partial charge on any atom is 0.256 e. The van der Waals surface area contributed by atoms with Gasteiger partial charge in [-0.15, -0.1) is 0 Å². The van der Waals surface area contributed by atoms with Gasteiger partial charge in [-0.25, -0.2) is 0 Å². The van der Waals surface area contributed by atoms with E-state index in [4.69, 9.17) is 22.1 Å². The van der Waals surface area contributed by atoms with Crippen molar-refractivity contribution in [1.29, 1.82) is 0 Å². The minimum Gasteiger partial charge on any atom is -0.365 e. The Bertz CT molecular complexity index is 1080. The zero-order valence-electron chi connectivity index (χ0n) is 16.2. The Morgan fingerprint density at radius 3 is 2.76 bits per heavy atom. The van der Waals surface area contributed by atoms with Crippen molar-refractivity contribution in [3.63, 3.8) is 0 Å². The average Bonchev–Trinajstić information content (AvgIpc) is 3.28. The molecule has 29 heavy (non-hydrogen) atoms. The number of ether oxygens (including phenoxy) is 1. The first-order valence-corrected chi connectivity index (χ1v) is 10.5. The highest BCUT2D eigenvalue weighted by Gasteiger charge is 2.43. The predicted molar refractivity (Wildman–Crippen MR) is 114 cm³/mol. The Hall–Kier alpha value is -2.34. The zero-order valence-corrected chi connectivity index (χ0v) is 17.0. The largest absolute Gasteiger partial charge is 0.365 e. The van der Waals surface area contributed by atoms with Crippen LogP contribution in [0.3, 0.4) is 0 Å². The van der Waals surface area contributed by atoms with E-state index in [1.54, 1.807) is 0 Å². The molecule has 3 aromatic rings. The first-order chi connectivity index (χ1) is 14.1. The molecule has 2 N–H and O–H groups in total. The van der Waals surface area contributed by atoms with E-state index < -0.39 is 0 Å². The van der Waals surface area contributed by atoms with Crippen LogP contribution in [0.15, 0.2) is 48.7 Å². The second-order valence-electron chi connectivity index (χ2n) is 7.92. The summed E-state index contributed by atoms with van der Waals surface area (Å²) in [5.41, 5.74) is 9.75. The fourth-order valence-electron chi connectivity index (χ4n) is 4.80. The number of aromatic nitrogens is 1. The molecule has 0 radical (unpaired) electrons. The van der Waals surface area contributed by atoms with E-state index in [0.29, 0.717) is 43.4 Å². The van der Waals surface area contributed by atoms with Gasteiger partial charge >= 0.3 is 0 Å². The minimum absolute atomic E-state index is 0.0641. The molecule has 0 saturated carbocycles. The van der Waals surface area contributed by atoms with E-state index in [-0.39, 0.29) is 11.5 Å². The van der Waals surface area contributed by atoms with Gasteiger partial charge in [0, 0.05) is 42.8 Å². The van der Waals surface area contributed by atoms with E-state index >= 15 is 0 Å². The van der Waals surface area contributed by atoms with Gasteiger partial charge in [0.1, 0.15) is 0 Å². The van der Waals surface area contributed by atoms with E-state index in [1.807, 2.05) is 33.9 Å². The fourth-order valence-corrected chi connectivity index (χ4v) is 4.97. The molecule has 0 bridgehead atoms. The summed E-state index contributed by atoms with van der Waals surface area (Å²) in [6, 6.07) is 14.1. The number of hydrogen-bond donors (Lipinski definition) is 1. The van der Waals surface area contributed by atoms with Gasteiger partial charge in [0.2, 0.25) is 0 Å². The topological polar surface area (TPSA) is 60.5 Å². The average molecular weight is 410 g/mol. The molecule has 5 rings (SSSR count). The quantitative estimate of drug-likeness (QED) is 0.713. The lowest BCUT2D eigenvalue weighted by molar-refractivity contribution is -0.0741. The number of piperidine rings is 1. The summed E-state index contributed by atoms with van der Waals surface area (Å²) < 4.78 is 8.26. The standard InChI is InChI=1S/C23H24ClN3O2/c24-17-5-6-18-19(14-27(12-9-25)21(18)13-17)22(28)26-10-7-23(8-11-26)20-4-2-1-3-16(20)15-29-23/h1-6,13-14H,7-12,15,25H2. The summed E-state index contributed by atoms with van der Waals surface area (Å²) in [7, 11) is 0. The summed E-state index contributed by atoms with van der Waals surface area (Å²) >= 11 is 6.19. The first kappa shape index (κ1) is 18.7. The molecule has 1 spiro atoms. The van der Waals surface area contributed by atoms with E-state index in [0.717, 1.165) is 23.7 Å². The van der Waals surface area contributed by atoms with Crippen molar-refractivity contribution in [3.05, 3.63) is 70.4 Å². The normalized spacial score (nSPS) is 17.8. The lowest BCUT2D eigenvalue weighted by Gasteiger charge is -2.39. The number of likely N-dealkylation sites (tertiary alicyclic amines) is 1. The maximum absolute atomic E-state index is 13.4. The van der Waals surface area contributed by atoms with Crippen LogP contribution in [0.25, 0.3) is 10.9 Å². The maximum atomic E-state index is 13.4. The number of halogens is 1. The SMILES string of the molecule is NCCn1cc(C(=O)N2CCC3(CC2)OCc2ccccc23)c2ccc(Cl)cc21. The van der Waals surface area contributed by atoms with Gasteiger partial charge in [-0.1, -0.05) is 41.9 Å². The lowest BCUT2D eigenvalue weighted by Crippen LogP contribution is -2.45. The van der Waals surface area contributed by atoms with Gasteiger partial charge in [0.05, 0.1) is 23.3 Å². The van der Waals surface area contributed by atoms with Crippen LogP contribution >= 0.6 is 11.6 Å². The third kappa shape index (κ3) is 3.05. The second kappa shape index (κ2) is 7.17. The van der Waals surface area contributed by atoms with Crippen LogP contribution in [-0.4, -0.2) is 35.0 Å². The molecule has 2 aliphatic rings. The Morgan fingerprint density at radius 2 is 1.97 bits per heavy atom. The van der Waals surface area contributed by atoms with Crippen LogP contribution in [-0.2, 0) is 23.5 Å². The minimum atomic E-state index is -0.242. The van der Waals surface area contributed by atoms with E-state index in [9.17, 15) is 4.79 Å². The van der Waals surface area contributed by atoms with Gasteiger partial charge < -0.3 is 19.9 Å². The van der Waals surface area contributed by atoms with Gasteiger partial charge in [-0.2, -0.15) is 0 Å². The van der Waals surface area contributed by atoms with Gasteiger partial charge in [-0.3, -0.25) is 4.79 Å². The fraction of sp³-hybridized carbons (Fsp3) is 0.348. The van der Waals surface area contributed by atoms with Crippen LogP contribution < -0.4 is 5.73 Å². The number of nitrogens with two attached hydrogens (primary N) is 1. The Balaban J connectivity index is 1.41. The number of nitrogens with zero attached hydrogens (tertiary/aromatic N) is 2. The van der Waals surface area contributed by atoms with Crippen molar-refractivity contribution in [1.82, 2.24) is 9.47 Å².